The highest BCUT2D eigenvalue weighted by molar-refractivity contribution is 5.26. The fourth-order valence-corrected chi connectivity index (χ4v) is 5.16. The number of nitrogens with one attached hydrogen (secondary N) is 3. The molecule has 0 atom stereocenters. The molecule has 156 valence electrons. The van der Waals surface area contributed by atoms with Crippen LogP contribution in [-0.2, 0) is 13.1 Å². The smallest absolute Gasteiger partial charge is 0.127 e. The first kappa shape index (κ1) is 20.4. The van der Waals surface area contributed by atoms with Crippen LogP contribution < -0.4 is 19.4 Å². The average molecular weight is 397 g/mol. The molecule has 2 saturated heterocycles. The molecule has 0 unspecified atom stereocenters. The number of quaternary nitrogens is 3. The van der Waals surface area contributed by atoms with Crippen LogP contribution in [0.25, 0.3) is 0 Å². The molecule has 3 N–H and O–H groups in total. The maximum Gasteiger partial charge on any atom is 0.127 e. The zero-order valence-electron chi connectivity index (χ0n) is 18.0. The average Bonchev–Trinajstić information content (AvgIpc) is 2.77. The predicted octanol–water partition coefficient (Wildman–Crippen LogP) is -0.384. The molecule has 0 aliphatic carbocycles. The first-order valence-electron chi connectivity index (χ1n) is 11.6. The Kier molecular flexibility index (Phi) is 7.20. The van der Waals surface area contributed by atoms with E-state index in [0.717, 1.165) is 24.9 Å². The Balaban J connectivity index is 1.18. The third-order valence-corrected chi connectivity index (χ3v) is 6.85. The van der Waals surface area contributed by atoms with Gasteiger partial charge in [-0.05, 0) is 31.2 Å². The Morgan fingerprint density at radius 1 is 0.724 bits per heavy atom. The number of piperidine rings is 1. The highest BCUT2D eigenvalue weighted by Gasteiger charge is 2.33. The SMILES string of the molecule is CCOc1ccc(C[NH+]2CCC([NH+]3CC[NH+](Cc4ccccc4)CC3)CC2)cc1. The summed E-state index contributed by atoms with van der Waals surface area (Å²) in [6, 6.07) is 20.6. The zero-order chi connectivity index (χ0) is 19.9. The van der Waals surface area contributed by atoms with Gasteiger partial charge < -0.3 is 19.4 Å². The van der Waals surface area contributed by atoms with E-state index in [1.165, 1.54) is 69.8 Å². The summed E-state index contributed by atoms with van der Waals surface area (Å²) in [5, 5.41) is 0. The lowest BCUT2D eigenvalue weighted by molar-refractivity contribution is -1.04. The Hall–Kier alpha value is -1.88. The van der Waals surface area contributed by atoms with Crippen LogP contribution in [0.1, 0.15) is 30.9 Å². The summed E-state index contributed by atoms with van der Waals surface area (Å²) in [4.78, 5) is 5.39. The number of benzene rings is 2. The van der Waals surface area contributed by atoms with Gasteiger partial charge in [0.15, 0.2) is 0 Å². The van der Waals surface area contributed by atoms with Gasteiger partial charge in [0.25, 0.3) is 0 Å². The molecule has 2 aromatic carbocycles. The Morgan fingerprint density at radius 2 is 1.31 bits per heavy atom. The van der Waals surface area contributed by atoms with Crippen molar-refractivity contribution in [2.45, 2.75) is 38.9 Å². The lowest BCUT2D eigenvalue weighted by atomic mass is 10.0. The Bertz CT molecular complexity index is 717. The summed E-state index contributed by atoms with van der Waals surface area (Å²) in [5.41, 5.74) is 2.92. The topological polar surface area (TPSA) is 22.6 Å². The number of ether oxygens (including phenoxy) is 1. The van der Waals surface area contributed by atoms with Gasteiger partial charge in [-0.15, -0.1) is 0 Å². The minimum Gasteiger partial charge on any atom is -0.494 e. The van der Waals surface area contributed by atoms with E-state index < -0.39 is 0 Å². The maximum absolute atomic E-state index is 5.56. The standard InChI is InChI=1S/C25H35N3O/c1-2-29-25-10-8-23(9-11-25)21-26-14-12-24(13-15-26)28-18-16-27(17-19-28)20-22-6-4-3-5-7-22/h3-11,24H,2,12-21H2,1H3/p+3. The Morgan fingerprint density at radius 3 is 1.93 bits per heavy atom. The molecule has 2 fully saturated rings. The van der Waals surface area contributed by atoms with Crippen LogP contribution in [0, 0.1) is 0 Å². The van der Waals surface area contributed by atoms with Crippen molar-refractivity contribution in [3.63, 3.8) is 0 Å². The third kappa shape index (κ3) is 5.81. The second kappa shape index (κ2) is 10.2. The van der Waals surface area contributed by atoms with Crippen LogP contribution in [0.5, 0.6) is 5.75 Å². The number of rotatable bonds is 7. The summed E-state index contributed by atoms with van der Waals surface area (Å²) in [6.07, 6.45) is 2.77. The molecule has 0 radical (unpaired) electrons. The van der Waals surface area contributed by atoms with Crippen LogP contribution in [0.3, 0.4) is 0 Å². The van der Waals surface area contributed by atoms with Crippen LogP contribution in [0.2, 0.25) is 0 Å². The van der Waals surface area contributed by atoms with Crippen molar-refractivity contribution in [3.8, 4) is 5.75 Å². The van der Waals surface area contributed by atoms with Crippen LogP contribution in [-0.4, -0.2) is 51.9 Å². The lowest BCUT2D eigenvalue weighted by Crippen LogP contribution is -3.30. The van der Waals surface area contributed by atoms with Gasteiger partial charge in [-0.2, -0.15) is 0 Å². The number of hydrogen-bond acceptors (Lipinski definition) is 1. The first-order valence-corrected chi connectivity index (χ1v) is 11.6. The molecule has 2 aromatic rings. The molecule has 0 aromatic heterocycles. The number of likely N-dealkylation sites (tertiary alicyclic amines) is 1. The van der Waals surface area contributed by atoms with Crippen molar-refractivity contribution < 1.29 is 19.4 Å². The van der Waals surface area contributed by atoms with Crippen molar-refractivity contribution in [2.75, 3.05) is 45.9 Å². The highest BCUT2D eigenvalue weighted by atomic mass is 16.5. The van der Waals surface area contributed by atoms with Gasteiger partial charge in [0.05, 0.1) is 25.7 Å². The number of hydrogen-bond donors (Lipinski definition) is 3. The molecular formula is C25H38N3O+3. The van der Waals surface area contributed by atoms with E-state index >= 15 is 0 Å². The van der Waals surface area contributed by atoms with Crippen LogP contribution in [0.15, 0.2) is 54.6 Å². The van der Waals surface area contributed by atoms with Gasteiger partial charge >= 0.3 is 0 Å². The van der Waals surface area contributed by atoms with Crippen molar-refractivity contribution in [1.82, 2.24) is 0 Å². The molecule has 2 aliphatic heterocycles. The van der Waals surface area contributed by atoms with E-state index in [2.05, 4.69) is 54.6 Å². The molecule has 0 bridgehead atoms. The fourth-order valence-electron chi connectivity index (χ4n) is 5.16. The minimum absolute atomic E-state index is 0.739. The summed E-state index contributed by atoms with van der Waals surface area (Å²) in [6.45, 7) is 13.1. The summed E-state index contributed by atoms with van der Waals surface area (Å²) in [5.74, 6) is 0.988. The second-order valence-corrected chi connectivity index (χ2v) is 8.85. The lowest BCUT2D eigenvalue weighted by Gasteiger charge is -2.37. The second-order valence-electron chi connectivity index (χ2n) is 8.85. The molecule has 4 nitrogen and oxygen atoms in total. The van der Waals surface area contributed by atoms with Gasteiger partial charge in [0.1, 0.15) is 45.0 Å². The van der Waals surface area contributed by atoms with Gasteiger partial charge in [-0.25, -0.2) is 0 Å². The van der Waals surface area contributed by atoms with Crippen LogP contribution in [0.4, 0.5) is 0 Å². The van der Waals surface area contributed by atoms with E-state index in [1.54, 1.807) is 9.80 Å². The van der Waals surface area contributed by atoms with E-state index in [4.69, 9.17) is 4.74 Å². The monoisotopic (exact) mass is 396 g/mol. The molecule has 4 rings (SSSR count). The van der Waals surface area contributed by atoms with E-state index in [9.17, 15) is 0 Å². The molecule has 4 heteroatoms. The van der Waals surface area contributed by atoms with Crippen molar-refractivity contribution in [3.05, 3.63) is 65.7 Å². The van der Waals surface area contributed by atoms with Gasteiger partial charge in [-0.1, -0.05) is 30.3 Å². The summed E-state index contributed by atoms with van der Waals surface area (Å²) >= 11 is 0. The number of piperazine rings is 1. The van der Waals surface area contributed by atoms with Gasteiger partial charge in [-0.3, -0.25) is 0 Å². The van der Waals surface area contributed by atoms with E-state index in [-0.39, 0.29) is 0 Å². The summed E-state index contributed by atoms with van der Waals surface area (Å²) < 4.78 is 5.56. The van der Waals surface area contributed by atoms with Crippen molar-refractivity contribution in [1.29, 1.82) is 0 Å². The van der Waals surface area contributed by atoms with E-state index in [0.29, 0.717) is 0 Å². The van der Waals surface area contributed by atoms with Gasteiger partial charge in [0, 0.05) is 24.0 Å². The summed E-state index contributed by atoms with van der Waals surface area (Å²) in [7, 11) is 0. The molecule has 29 heavy (non-hydrogen) atoms. The van der Waals surface area contributed by atoms with Crippen molar-refractivity contribution in [2.24, 2.45) is 0 Å². The molecule has 0 spiro atoms. The quantitative estimate of drug-likeness (QED) is 0.583. The largest absolute Gasteiger partial charge is 0.494 e. The molecular weight excluding hydrogens is 358 g/mol. The third-order valence-electron chi connectivity index (χ3n) is 6.85. The molecule has 2 heterocycles. The predicted molar refractivity (Wildman–Crippen MR) is 117 cm³/mol. The zero-order valence-corrected chi connectivity index (χ0v) is 18.0. The normalized spacial score (nSPS) is 27.5. The minimum atomic E-state index is 0.739. The molecule has 2 aliphatic rings. The highest BCUT2D eigenvalue weighted by Crippen LogP contribution is 2.11. The fraction of sp³-hybridized carbons (Fsp3) is 0.520. The van der Waals surface area contributed by atoms with Crippen molar-refractivity contribution >= 4 is 0 Å². The Labute approximate surface area is 176 Å². The molecule has 0 saturated carbocycles. The maximum atomic E-state index is 5.56. The molecule has 0 amide bonds. The van der Waals surface area contributed by atoms with Gasteiger partial charge in [0.2, 0.25) is 0 Å². The van der Waals surface area contributed by atoms with Crippen LogP contribution >= 0.6 is 0 Å². The van der Waals surface area contributed by atoms with E-state index in [1.807, 2.05) is 11.8 Å². The first-order chi connectivity index (χ1) is 14.3.